The number of hydrogen-bond donors (Lipinski definition) is 0. The van der Waals surface area contributed by atoms with E-state index in [2.05, 4.69) is 52.8 Å². The number of fused-ring (bicyclic) bond motifs is 5. The lowest BCUT2D eigenvalue weighted by molar-refractivity contribution is -0.0738. The summed E-state index contributed by atoms with van der Waals surface area (Å²) in [7, 11) is 0. The predicted octanol–water partition coefficient (Wildman–Crippen LogP) is 9.45. The molecule has 0 radical (unpaired) electrons. The second-order valence-electron chi connectivity index (χ2n) is 12.9. The van der Waals surface area contributed by atoms with Gasteiger partial charge in [-0.25, -0.2) is 0 Å². The van der Waals surface area contributed by atoms with Crippen LogP contribution in [-0.2, 0) is 6.42 Å². The minimum atomic E-state index is 0.537. The van der Waals surface area contributed by atoms with Crippen LogP contribution in [0, 0.1) is 64.1 Å². The highest BCUT2D eigenvalue weighted by atomic mass is 14.6. The SMILES string of the molecule is CCC.CC[C@H]1CCC2C(CCC3C2CCC2(C)C([C@H](C)Cc4ccccc4C#N)CC[C@@H]32)C1. The second-order valence-corrected chi connectivity index (χ2v) is 12.9. The second kappa shape index (κ2) is 11.2. The summed E-state index contributed by atoms with van der Waals surface area (Å²) < 4.78 is 0. The molecular formula is C33H51N. The van der Waals surface area contributed by atoms with E-state index in [1.807, 2.05) is 12.1 Å². The molecule has 1 nitrogen and oxygen atoms in total. The lowest BCUT2D eigenvalue weighted by atomic mass is 9.48. The third-order valence-corrected chi connectivity index (χ3v) is 11.1. The van der Waals surface area contributed by atoms with E-state index >= 15 is 0 Å². The van der Waals surface area contributed by atoms with Gasteiger partial charge in [-0.15, -0.1) is 0 Å². The summed E-state index contributed by atoms with van der Waals surface area (Å²) in [5, 5.41) is 9.54. The Bertz CT molecular complexity index is 835. The zero-order valence-corrected chi connectivity index (χ0v) is 22.9. The van der Waals surface area contributed by atoms with Crippen LogP contribution in [0.25, 0.3) is 0 Å². The van der Waals surface area contributed by atoms with Gasteiger partial charge in [0.05, 0.1) is 11.6 Å². The molecule has 188 valence electrons. The summed E-state index contributed by atoms with van der Waals surface area (Å²) in [5.74, 6) is 7.68. The maximum Gasteiger partial charge on any atom is 0.0994 e. The summed E-state index contributed by atoms with van der Waals surface area (Å²) in [6.07, 6.45) is 17.3. The molecule has 1 aromatic carbocycles. The van der Waals surface area contributed by atoms with Gasteiger partial charge in [0.1, 0.15) is 0 Å². The van der Waals surface area contributed by atoms with Gasteiger partial charge in [0.15, 0.2) is 0 Å². The normalized spacial score (nSPS) is 39.5. The van der Waals surface area contributed by atoms with Crippen molar-refractivity contribution in [3.8, 4) is 6.07 Å². The van der Waals surface area contributed by atoms with Crippen LogP contribution >= 0.6 is 0 Å². The Labute approximate surface area is 211 Å². The van der Waals surface area contributed by atoms with E-state index in [4.69, 9.17) is 0 Å². The summed E-state index contributed by atoms with van der Waals surface area (Å²) >= 11 is 0. The van der Waals surface area contributed by atoms with Crippen LogP contribution in [0.1, 0.15) is 116 Å². The molecule has 5 rings (SSSR count). The van der Waals surface area contributed by atoms with Crippen molar-refractivity contribution < 1.29 is 0 Å². The van der Waals surface area contributed by atoms with Gasteiger partial charge in [0.2, 0.25) is 0 Å². The maximum atomic E-state index is 9.54. The monoisotopic (exact) mass is 461 g/mol. The topological polar surface area (TPSA) is 23.8 Å². The van der Waals surface area contributed by atoms with E-state index < -0.39 is 0 Å². The summed E-state index contributed by atoms with van der Waals surface area (Å²) in [6, 6.07) is 10.7. The number of hydrogen-bond acceptors (Lipinski definition) is 1. The van der Waals surface area contributed by atoms with Gasteiger partial charge in [-0.1, -0.05) is 72.1 Å². The molecule has 4 aliphatic rings. The van der Waals surface area contributed by atoms with Crippen molar-refractivity contribution in [2.45, 2.75) is 112 Å². The first-order chi connectivity index (χ1) is 16.5. The summed E-state index contributed by atoms with van der Waals surface area (Å²) in [4.78, 5) is 0. The standard InChI is InChI=1S/C30H43N.C3H8/c1-4-21-9-11-25-23(18-21)10-12-27-26(25)15-16-30(3)28(13-14-29(27)30)20(2)17-22-7-5-6-8-24(22)19-31;1-3-2/h5-8,20-21,23,25-29H,4,9-18H2,1-3H3;3H2,1-2H3/t20-,21+,23?,25?,26?,27?,28?,29+,30?;/m1./s1. The van der Waals surface area contributed by atoms with Crippen LogP contribution in [0.5, 0.6) is 0 Å². The zero-order valence-electron chi connectivity index (χ0n) is 22.9. The molecule has 9 atom stereocenters. The highest BCUT2D eigenvalue weighted by Crippen LogP contribution is 2.65. The van der Waals surface area contributed by atoms with E-state index in [1.165, 1.54) is 63.4 Å². The fraction of sp³-hybridized carbons (Fsp3) is 0.788. The van der Waals surface area contributed by atoms with Crippen LogP contribution < -0.4 is 0 Å². The summed E-state index contributed by atoms with van der Waals surface area (Å²) in [5.41, 5.74) is 2.69. The lowest BCUT2D eigenvalue weighted by Crippen LogP contribution is -2.49. The van der Waals surface area contributed by atoms with E-state index in [0.29, 0.717) is 11.3 Å². The Hall–Kier alpha value is -1.29. The molecule has 0 N–H and O–H groups in total. The van der Waals surface area contributed by atoms with Crippen molar-refractivity contribution in [2.75, 3.05) is 0 Å². The molecule has 1 aromatic rings. The van der Waals surface area contributed by atoms with Crippen molar-refractivity contribution in [2.24, 2.45) is 52.8 Å². The minimum absolute atomic E-state index is 0.537. The molecule has 6 unspecified atom stereocenters. The predicted molar refractivity (Wildman–Crippen MR) is 144 cm³/mol. The van der Waals surface area contributed by atoms with Crippen molar-refractivity contribution in [1.29, 1.82) is 5.26 Å². The van der Waals surface area contributed by atoms with Gasteiger partial charge in [-0.05, 0) is 122 Å². The van der Waals surface area contributed by atoms with E-state index in [0.717, 1.165) is 53.4 Å². The number of rotatable bonds is 4. The molecule has 0 saturated heterocycles. The number of benzene rings is 1. The fourth-order valence-corrected chi connectivity index (χ4v) is 9.59. The first-order valence-corrected chi connectivity index (χ1v) is 14.9. The number of nitrogens with zero attached hydrogens (tertiary/aromatic N) is 1. The van der Waals surface area contributed by atoms with E-state index in [9.17, 15) is 5.26 Å². The minimum Gasteiger partial charge on any atom is -0.192 e. The van der Waals surface area contributed by atoms with E-state index in [-0.39, 0.29) is 0 Å². The van der Waals surface area contributed by atoms with Crippen molar-refractivity contribution >= 4 is 0 Å². The lowest BCUT2D eigenvalue weighted by Gasteiger charge is -2.57. The van der Waals surface area contributed by atoms with Crippen LogP contribution in [0.2, 0.25) is 0 Å². The Kier molecular flexibility index (Phi) is 8.48. The van der Waals surface area contributed by atoms with Crippen LogP contribution in [-0.4, -0.2) is 0 Å². The molecule has 0 amide bonds. The highest BCUT2D eigenvalue weighted by molar-refractivity contribution is 5.37. The van der Waals surface area contributed by atoms with Crippen molar-refractivity contribution in [1.82, 2.24) is 0 Å². The van der Waals surface area contributed by atoms with Gasteiger partial charge >= 0.3 is 0 Å². The quantitative estimate of drug-likeness (QED) is 0.438. The van der Waals surface area contributed by atoms with Gasteiger partial charge in [-0.3, -0.25) is 0 Å². The zero-order chi connectivity index (χ0) is 24.3. The molecule has 4 aliphatic carbocycles. The molecule has 4 fully saturated rings. The first kappa shape index (κ1) is 25.8. The smallest absolute Gasteiger partial charge is 0.0994 e. The Morgan fingerprint density at radius 3 is 2.41 bits per heavy atom. The third kappa shape index (κ3) is 4.86. The maximum absolute atomic E-state index is 9.54. The van der Waals surface area contributed by atoms with Gasteiger partial charge in [-0.2, -0.15) is 5.26 Å². The van der Waals surface area contributed by atoms with E-state index in [1.54, 1.807) is 12.8 Å². The average molecular weight is 462 g/mol. The molecule has 4 saturated carbocycles. The molecule has 1 heteroatoms. The third-order valence-electron chi connectivity index (χ3n) is 11.1. The van der Waals surface area contributed by atoms with Crippen molar-refractivity contribution in [3.05, 3.63) is 35.4 Å². The fourth-order valence-electron chi connectivity index (χ4n) is 9.59. The first-order valence-electron chi connectivity index (χ1n) is 14.9. The highest BCUT2D eigenvalue weighted by Gasteiger charge is 2.57. The number of nitriles is 1. The van der Waals surface area contributed by atoms with Gasteiger partial charge in [0.25, 0.3) is 0 Å². The Balaban J connectivity index is 0.000000868. The Morgan fingerprint density at radius 2 is 1.68 bits per heavy atom. The van der Waals surface area contributed by atoms with Gasteiger partial charge in [0, 0.05) is 0 Å². The van der Waals surface area contributed by atoms with Crippen LogP contribution in [0.4, 0.5) is 0 Å². The molecule has 34 heavy (non-hydrogen) atoms. The molecule has 0 spiro atoms. The summed E-state index contributed by atoms with van der Waals surface area (Å²) in [6.45, 7) is 11.8. The molecule has 0 aromatic heterocycles. The van der Waals surface area contributed by atoms with Crippen molar-refractivity contribution in [3.63, 3.8) is 0 Å². The molecule has 0 heterocycles. The molecule has 0 bridgehead atoms. The Morgan fingerprint density at radius 1 is 0.941 bits per heavy atom. The van der Waals surface area contributed by atoms with Gasteiger partial charge < -0.3 is 0 Å². The van der Waals surface area contributed by atoms with Crippen LogP contribution in [0.15, 0.2) is 24.3 Å². The molecular weight excluding hydrogens is 410 g/mol. The van der Waals surface area contributed by atoms with Crippen LogP contribution in [0.3, 0.4) is 0 Å². The molecule has 0 aliphatic heterocycles. The largest absolute Gasteiger partial charge is 0.192 e. The average Bonchev–Trinajstić information content (AvgIpc) is 3.21.